The highest BCUT2D eigenvalue weighted by Gasteiger charge is 2.59. The van der Waals surface area contributed by atoms with Gasteiger partial charge in [-0.15, -0.1) is 0 Å². The van der Waals surface area contributed by atoms with Crippen molar-refractivity contribution in [2.45, 2.75) is 43.6 Å². The number of para-hydroxylation sites is 1. The number of rotatable bonds is 4. The van der Waals surface area contributed by atoms with Gasteiger partial charge in [-0.05, 0) is 30.4 Å². The Bertz CT molecular complexity index is 916. The molecule has 0 unspecified atom stereocenters. The van der Waals surface area contributed by atoms with Crippen molar-refractivity contribution in [1.82, 2.24) is 14.7 Å². The Morgan fingerprint density at radius 1 is 1.33 bits per heavy atom. The van der Waals surface area contributed by atoms with Gasteiger partial charge in [0.1, 0.15) is 5.41 Å². The third-order valence-electron chi connectivity index (χ3n) is 6.41. The summed E-state index contributed by atoms with van der Waals surface area (Å²) in [5.74, 6) is 0.873. The number of nitrogens with zero attached hydrogens (tertiary/aromatic N) is 3. The largest absolute Gasteiger partial charge is 0.334 e. The molecule has 1 aromatic heterocycles. The molecule has 2 aromatic rings. The zero-order valence-electron chi connectivity index (χ0n) is 15.5. The van der Waals surface area contributed by atoms with Crippen LogP contribution in [0, 0.1) is 5.92 Å². The number of aryl methyl sites for hydroxylation is 1. The number of nitrogens with one attached hydrogen (secondary N) is 1. The van der Waals surface area contributed by atoms with Gasteiger partial charge < -0.3 is 10.2 Å². The van der Waals surface area contributed by atoms with Gasteiger partial charge in [-0.25, -0.2) is 0 Å². The van der Waals surface area contributed by atoms with E-state index in [0.717, 1.165) is 29.2 Å². The topological polar surface area (TPSA) is 67.2 Å². The molecule has 140 valence electrons. The fraction of sp³-hybridized carbons (Fsp3) is 0.476. The number of hydrogen-bond donors (Lipinski definition) is 1. The number of carbonyl (C=O) groups excluding carboxylic acids is 2. The van der Waals surface area contributed by atoms with E-state index >= 15 is 0 Å². The summed E-state index contributed by atoms with van der Waals surface area (Å²) in [5, 5.41) is 7.37. The van der Waals surface area contributed by atoms with E-state index in [4.69, 9.17) is 0 Å². The van der Waals surface area contributed by atoms with Crippen LogP contribution in [0.4, 0.5) is 5.69 Å². The SMILES string of the molecule is Cn1cc([C@@H]2N(C(=O)CCC3CC3)CC[C@]23C(=O)Nc2ccccc23)cn1. The van der Waals surface area contributed by atoms with Crippen LogP contribution < -0.4 is 5.32 Å². The number of anilines is 1. The molecule has 2 aliphatic heterocycles. The maximum absolute atomic E-state index is 13.2. The molecule has 6 heteroatoms. The molecule has 1 saturated carbocycles. The second-order valence-electron chi connectivity index (χ2n) is 8.14. The van der Waals surface area contributed by atoms with Crippen LogP contribution >= 0.6 is 0 Å². The fourth-order valence-corrected chi connectivity index (χ4v) is 4.88. The summed E-state index contributed by atoms with van der Waals surface area (Å²) in [6.07, 6.45) is 8.41. The van der Waals surface area contributed by atoms with Crippen molar-refractivity contribution in [1.29, 1.82) is 0 Å². The van der Waals surface area contributed by atoms with Crippen molar-refractivity contribution >= 4 is 17.5 Å². The average molecular weight is 364 g/mol. The van der Waals surface area contributed by atoms with Gasteiger partial charge in [0, 0.05) is 37.5 Å². The van der Waals surface area contributed by atoms with Gasteiger partial charge in [0.15, 0.2) is 0 Å². The van der Waals surface area contributed by atoms with Crippen LogP contribution in [0.1, 0.15) is 49.3 Å². The highest BCUT2D eigenvalue weighted by Crippen LogP contribution is 2.54. The van der Waals surface area contributed by atoms with Crippen molar-refractivity contribution in [3.8, 4) is 0 Å². The van der Waals surface area contributed by atoms with Gasteiger partial charge >= 0.3 is 0 Å². The highest BCUT2D eigenvalue weighted by atomic mass is 16.2. The van der Waals surface area contributed by atoms with Crippen molar-refractivity contribution in [3.05, 3.63) is 47.8 Å². The van der Waals surface area contributed by atoms with Crippen LogP contribution in [0.3, 0.4) is 0 Å². The first-order valence-corrected chi connectivity index (χ1v) is 9.78. The van der Waals surface area contributed by atoms with Crippen LogP contribution in [-0.2, 0) is 22.1 Å². The van der Waals surface area contributed by atoms with E-state index in [1.165, 1.54) is 12.8 Å². The first-order valence-electron chi connectivity index (χ1n) is 9.78. The summed E-state index contributed by atoms with van der Waals surface area (Å²) in [5.41, 5.74) is 2.07. The minimum atomic E-state index is -0.727. The van der Waals surface area contributed by atoms with Crippen molar-refractivity contribution in [2.75, 3.05) is 11.9 Å². The summed E-state index contributed by atoms with van der Waals surface area (Å²) >= 11 is 0. The summed E-state index contributed by atoms with van der Waals surface area (Å²) in [6.45, 7) is 0.602. The van der Waals surface area contributed by atoms with Crippen molar-refractivity contribution in [3.63, 3.8) is 0 Å². The van der Waals surface area contributed by atoms with Crippen LogP contribution in [0.2, 0.25) is 0 Å². The molecule has 27 heavy (non-hydrogen) atoms. The number of amides is 2. The Labute approximate surface area is 158 Å². The molecule has 6 nitrogen and oxygen atoms in total. The van der Waals surface area contributed by atoms with Crippen LogP contribution in [0.5, 0.6) is 0 Å². The predicted octanol–water partition coefficient (Wildman–Crippen LogP) is 2.77. The second-order valence-corrected chi connectivity index (χ2v) is 8.14. The van der Waals surface area contributed by atoms with Crippen LogP contribution in [0.25, 0.3) is 0 Å². The molecular formula is C21H24N4O2. The molecule has 1 spiro atoms. The lowest BCUT2D eigenvalue weighted by Crippen LogP contribution is -2.42. The third kappa shape index (κ3) is 2.50. The number of likely N-dealkylation sites (tertiary alicyclic amines) is 1. The standard InChI is InChI=1S/C21H24N4O2/c1-24-13-15(12-22-24)19-21(16-4-2-3-5-17(16)23-20(21)27)10-11-25(19)18(26)9-8-14-6-7-14/h2-5,12-14,19H,6-11H2,1H3,(H,23,27)/t19-,21+/m0/s1. The smallest absolute Gasteiger partial charge is 0.237 e. The van der Waals surface area contributed by atoms with Crippen molar-refractivity contribution < 1.29 is 9.59 Å². The normalized spacial score (nSPS) is 26.5. The first-order chi connectivity index (χ1) is 13.1. The molecule has 1 N–H and O–H groups in total. The Hall–Kier alpha value is -2.63. The zero-order valence-corrected chi connectivity index (χ0v) is 15.5. The molecule has 0 bridgehead atoms. The fourth-order valence-electron chi connectivity index (χ4n) is 4.88. The quantitative estimate of drug-likeness (QED) is 0.907. The summed E-state index contributed by atoms with van der Waals surface area (Å²) in [6, 6.07) is 7.57. The molecule has 5 rings (SSSR count). The average Bonchev–Trinajstić information content (AvgIpc) is 3.15. The van der Waals surface area contributed by atoms with Gasteiger partial charge in [-0.1, -0.05) is 31.0 Å². The molecule has 2 amide bonds. The van der Waals surface area contributed by atoms with Crippen LogP contribution in [0.15, 0.2) is 36.7 Å². The number of aromatic nitrogens is 2. The van der Waals surface area contributed by atoms with E-state index in [0.29, 0.717) is 19.4 Å². The third-order valence-corrected chi connectivity index (χ3v) is 6.41. The molecule has 2 atom stereocenters. The Balaban J connectivity index is 1.57. The van der Waals surface area contributed by atoms with E-state index < -0.39 is 5.41 Å². The van der Waals surface area contributed by atoms with E-state index in [1.807, 2.05) is 42.4 Å². The van der Waals surface area contributed by atoms with E-state index in [-0.39, 0.29) is 17.9 Å². The summed E-state index contributed by atoms with van der Waals surface area (Å²) in [7, 11) is 1.87. The molecular weight excluding hydrogens is 340 g/mol. The zero-order chi connectivity index (χ0) is 18.6. The molecule has 2 fully saturated rings. The molecule has 3 aliphatic rings. The highest BCUT2D eigenvalue weighted by molar-refractivity contribution is 6.07. The lowest BCUT2D eigenvalue weighted by atomic mass is 9.73. The maximum Gasteiger partial charge on any atom is 0.237 e. The van der Waals surface area contributed by atoms with E-state index in [1.54, 1.807) is 10.9 Å². The van der Waals surface area contributed by atoms with Crippen LogP contribution in [-0.4, -0.2) is 33.0 Å². The Morgan fingerprint density at radius 3 is 2.89 bits per heavy atom. The molecule has 1 saturated heterocycles. The second kappa shape index (κ2) is 5.94. The maximum atomic E-state index is 13.2. The van der Waals surface area contributed by atoms with Gasteiger partial charge in [-0.3, -0.25) is 14.3 Å². The lowest BCUT2D eigenvalue weighted by Gasteiger charge is -2.33. The molecule has 1 aromatic carbocycles. The predicted molar refractivity (Wildman–Crippen MR) is 101 cm³/mol. The minimum absolute atomic E-state index is 0.00459. The molecule has 1 aliphatic carbocycles. The lowest BCUT2D eigenvalue weighted by molar-refractivity contribution is -0.133. The molecule has 0 radical (unpaired) electrons. The Morgan fingerprint density at radius 2 is 2.15 bits per heavy atom. The van der Waals surface area contributed by atoms with E-state index in [9.17, 15) is 9.59 Å². The summed E-state index contributed by atoms with van der Waals surface area (Å²) < 4.78 is 1.74. The first kappa shape index (κ1) is 16.5. The van der Waals surface area contributed by atoms with Gasteiger partial charge in [0.2, 0.25) is 11.8 Å². The number of fused-ring (bicyclic) bond motifs is 2. The van der Waals surface area contributed by atoms with Crippen molar-refractivity contribution in [2.24, 2.45) is 13.0 Å². The number of hydrogen-bond acceptors (Lipinski definition) is 3. The Kier molecular flexibility index (Phi) is 3.64. The monoisotopic (exact) mass is 364 g/mol. The molecule has 3 heterocycles. The van der Waals surface area contributed by atoms with E-state index in [2.05, 4.69) is 10.4 Å². The van der Waals surface area contributed by atoms with Gasteiger partial charge in [0.05, 0.1) is 12.2 Å². The number of carbonyl (C=O) groups is 2. The van der Waals surface area contributed by atoms with Gasteiger partial charge in [-0.2, -0.15) is 5.10 Å². The number of benzene rings is 1. The van der Waals surface area contributed by atoms with Gasteiger partial charge in [0.25, 0.3) is 0 Å². The minimum Gasteiger partial charge on any atom is -0.334 e. The summed E-state index contributed by atoms with van der Waals surface area (Å²) in [4.78, 5) is 28.2.